The van der Waals surface area contributed by atoms with Crippen molar-refractivity contribution >= 4 is 23.0 Å². The van der Waals surface area contributed by atoms with E-state index in [2.05, 4.69) is 29.4 Å². The minimum atomic E-state index is -1.58. The average Bonchev–Trinajstić information content (AvgIpc) is 3.41. The van der Waals surface area contributed by atoms with E-state index in [0.29, 0.717) is 23.6 Å². The summed E-state index contributed by atoms with van der Waals surface area (Å²) in [5.41, 5.74) is -0.694. The highest BCUT2D eigenvalue weighted by Crippen LogP contribution is 2.57. The van der Waals surface area contributed by atoms with E-state index in [1.54, 1.807) is 13.8 Å². The normalized spacial score (nSPS) is 20.4. The van der Waals surface area contributed by atoms with Gasteiger partial charge in [0.25, 0.3) is 0 Å². The summed E-state index contributed by atoms with van der Waals surface area (Å²) in [6.45, 7) is 10.0. The fourth-order valence-corrected chi connectivity index (χ4v) is 5.49. The largest absolute Gasteiger partial charge is 0.507 e. The van der Waals surface area contributed by atoms with E-state index in [1.807, 2.05) is 28.8 Å². The van der Waals surface area contributed by atoms with Crippen LogP contribution < -0.4 is 10.1 Å². The lowest BCUT2D eigenvalue weighted by atomic mass is 9.70. The zero-order chi connectivity index (χ0) is 28.4. The monoisotopic (exact) mass is 530 g/mol. The maximum atomic E-state index is 14.1. The molecular formula is C29H30N4O6. The molecule has 2 aliphatic rings. The fraction of sp³-hybridized carbons (Fsp3) is 0.345. The first kappa shape index (κ1) is 26.1. The minimum absolute atomic E-state index is 0.00553. The predicted octanol–water partition coefficient (Wildman–Crippen LogP) is 3.99. The molecule has 0 unspecified atom stereocenters. The number of carbonyl (C=O) groups is 3. The number of rotatable bonds is 6. The van der Waals surface area contributed by atoms with Crippen LogP contribution in [0.5, 0.6) is 17.2 Å². The van der Waals surface area contributed by atoms with Gasteiger partial charge in [-0.25, -0.2) is 0 Å². The Balaban J connectivity index is 1.63. The molecule has 5 rings (SSSR count). The van der Waals surface area contributed by atoms with Crippen LogP contribution in [-0.4, -0.2) is 42.2 Å². The average molecular weight is 531 g/mol. The number of nitrogens with one attached hydrogen (secondary N) is 1. The van der Waals surface area contributed by atoms with Crippen molar-refractivity contribution in [3.05, 3.63) is 70.0 Å². The van der Waals surface area contributed by atoms with Crippen LogP contribution in [0.2, 0.25) is 0 Å². The summed E-state index contributed by atoms with van der Waals surface area (Å²) >= 11 is 0. The number of pyridine rings is 1. The van der Waals surface area contributed by atoms with Gasteiger partial charge in [0.15, 0.2) is 28.8 Å². The molecule has 0 amide bonds. The van der Waals surface area contributed by atoms with Crippen molar-refractivity contribution in [2.45, 2.75) is 59.4 Å². The third-order valence-electron chi connectivity index (χ3n) is 7.51. The molecule has 0 spiro atoms. The van der Waals surface area contributed by atoms with E-state index in [-0.39, 0.29) is 51.5 Å². The molecule has 3 aromatic rings. The molecule has 2 aromatic heterocycles. The first-order valence-corrected chi connectivity index (χ1v) is 12.7. The van der Waals surface area contributed by atoms with Crippen LogP contribution in [0.25, 0.3) is 5.65 Å². The molecule has 3 heterocycles. The molecule has 1 aliphatic heterocycles. The number of nitrogens with zero attached hydrogens (tertiary/aromatic N) is 3. The van der Waals surface area contributed by atoms with E-state index in [4.69, 9.17) is 4.74 Å². The van der Waals surface area contributed by atoms with Gasteiger partial charge >= 0.3 is 0 Å². The van der Waals surface area contributed by atoms with Crippen LogP contribution in [0.1, 0.15) is 74.4 Å². The van der Waals surface area contributed by atoms with Crippen LogP contribution in [0.15, 0.2) is 47.5 Å². The number of aromatic hydroxyl groups is 2. The van der Waals surface area contributed by atoms with Crippen LogP contribution in [-0.2, 0) is 15.0 Å². The summed E-state index contributed by atoms with van der Waals surface area (Å²) in [6, 6.07) is 5.22. The van der Waals surface area contributed by atoms with E-state index in [9.17, 15) is 24.6 Å². The lowest BCUT2D eigenvalue weighted by Gasteiger charge is -2.30. The summed E-state index contributed by atoms with van der Waals surface area (Å²) in [5, 5.41) is 33.6. The van der Waals surface area contributed by atoms with Gasteiger partial charge < -0.3 is 20.3 Å². The van der Waals surface area contributed by atoms with Crippen molar-refractivity contribution in [2.75, 3.05) is 0 Å². The van der Waals surface area contributed by atoms with Crippen molar-refractivity contribution in [3.8, 4) is 17.2 Å². The van der Waals surface area contributed by atoms with Crippen molar-refractivity contribution < 1.29 is 29.3 Å². The molecule has 3 N–H and O–H groups in total. The number of carbonyl (C=O) groups excluding carboxylic acids is 3. The van der Waals surface area contributed by atoms with Gasteiger partial charge in [0.05, 0.1) is 17.2 Å². The molecule has 202 valence electrons. The van der Waals surface area contributed by atoms with Crippen LogP contribution in [0, 0.1) is 12.8 Å². The van der Waals surface area contributed by atoms with Gasteiger partial charge in [0.2, 0.25) is 0 Å². The van der Waals surface area contributed by atoms with Crippen LogP contribution in [0.3, 0.4) is 0 Å². The highest BCUT2D eigenvalue weighted by Gasteiger charge is 2.56. The van der Waals surface area contributed by atoms with Gasteiger partial charge in [0, 0.05) is 23.5 Å². The number of fused-ring (bicyclic) bond motifs is 4. The predicted molar refractivity (Wildman–Crippen MR) is 142 cm³/mol. The Morgan fingerprint density at radius 1 is 1.15 bits per heavy atom. The van der Waals surface area contributed by atoms with E-state index >= 15 is 0 Å². The van der Waals surface area contributed by atoms with Crippen molar-refractivity contribution in [2.24, 2.45) is 5.92 Å². The lowest BCUT2D eigenvalue weighted by molar-refractivity contribution is -0.123. The summed E-state index contributed by atoms with van der Waals surface area (Å²) < 4.78 is 7.71. The number of phenols is 2. The van der Waals surface area contributed by atoms with Crippen LogP contribution >= 0.6 is 0 Å². The van der Waals surface area contributed by atoms with E-state index < -0.39 is 28.5 Å². The molecule has 0 bridgehead atoms. The van der Waals surface area contributed by atoms with Gasteiger partial charge in [-0.1, -0.05) is 19.9 Å². The maximum Gasteiger partial charge on any atom is 0.194 e. The van der Waals surface area contributed by atoms with E-state index in [0.717, 1.165) is 0 Å². The Bertz CT molecular complexity index is 1650. The van der Waals surface area contributed by atoms with Crippen molar-refractivity contribution in [1.29, 1.82) is 0 Å². The molecule has 10 nitrogen and oxygen atoms in total. The van der Waals surface area contributed by atoms with Gasteiger partial charge in [0.1, 0.15) is 34.0 Å². The number of allylic oxidation sites excluding steroid dienone is 4. The molecule has 10 heteroatoms. The zero-order valence-corrected chi connectivity index (χ0v) is 22.6. The van der Waals surface area contributed by atoms with Gasteiger partial charge in [-0.2, -0.15) is 0 Å². The van der Waals surface area contributed by atoms with E-state index in [1.165, 1.54) is 19.9 Å². The first-order valence-electron chi connectivity index (χ1n) is 12.7. The highest BCUT2D eigenvalue weighted by atomic mass is 16.5. The second-order valence-corrected chi connectivity index (χ2v) is 10.7. The van der Waals surface area contributed by atoms with Crippen molar-refractivity contribution in [1.82, 2.24) is 19.9 Å². The quantitative estimate of drug-likeness (QED) is 0.245. The number of hydrogen-bond acceptors (Lipinski definition) is 9. The van der Waals surface area contributed by atoms with Gasteiger partial charge in [-0.3, -0.25) is 18.8 Å². The maximum absolute atomic E-state index is 14.1. The number of aromatic nitrogens is 3. The van der Waals surface area contributed by atoms with Crippen LogP contribution in [0.4, 0.5) is 0 Å². The Hall–Kier alpha value is -4.47. The number of Topliss-reactive ketones (excluding diaryl/α,β-unsaturated/α-hetero) is 2. The molecule has 1 aromatic carbocycles. The molecule has 1 aliphatic carbocycles. The molecular weight excluding hydrogens is 500 g/mol. The number of ether oxygens (including phenoxy) is 1. The lowest BCUT2D eigenvalue weighted by Crippen LogP contribution is -2.41. The summed E-state index contributed by atoms with van der Waals surface area (Å²) in [7, 11) is 0. The molecule has 0 radical (unpaired) electrons. The SMILES string of the molecule is CC(=O)c1c(O)c(C)c(O)c2c1OC1=CC(=O)/C(=C(/C)N[C@H](CC(C)C)c3nnc4ccccn34)C(=O)[C@@]12C. The Kier molecular flexibility index (Phi) is 6.08. The number of benzene rings is 1. The molecule has 2 atom stereocenters. The molecule has 39 heavy (non-hydrogen) atoms. The molecule has 0 fully saturated rings. The Morgan fingerprint density at radius 3 is 2.54 bits per heavy atom. The summed E-state index contributed by atoms with van der Waals surface area (Å²) in [6.07, 6.45) is 3.71. The Morgan fingerprint density at radius 2 is 1.87 bits per heavy atom. The standard InChI is InChI=1S/C29H30N4O6/c1-13(2)11-17(28-32-31-20-9-7-8-10-33(20)28)30-15(4)21-18(35)12-19-29(6,27(21)38)23-25(37)14(3)24(36)22(16(5)34)26(23)39-19/h7-10,12-13,17,30,36-37H,11H2,1-6H3/b21-15+/t17-,29+/m1/s1. The number of hydrogen-bond donors (Lipinski definition) is 3. The first-order chi connectivity index (χ1) is 18.4. The summed E-state index contributed by atoms with van der Waals surface area (Å²) in [5.74, 6) is -1.66. The molecule has 0 saturated heterocycles. The van der Waals surface area contributed by atoms with Crippen molar-refractivity contribution in [3.63, 3.8) is 0 Å². The number of ketones is 3. The third-order valence-corrected chi connectivity index (χ3v) is 7.51. The van der Waals surface area contributed by atoms with Gasteiger partial charge in [-0.05, 0) is 52.2 Å². The zero-order valence-electron chi connectivity index (χ0n) is 22.6. The summed E-state index contributed by atoms with van der Waals surface area (Å²) in [4.78, 5) is 39.9. The Labute approximate surface area is 225 Å². The molecule has 0 saturated carbocycles. The van der Waals surface area contributed by atoms with Gasteiger partial charge in [-0.15, -0.1) is 10.2 Å². The third kappa shape index (κ3) is 3.81. The minimum Gasteiger partial charge on any atom is -0.507 e. The highest BCUT2D eigenvalue weighted by molar-refractivity contribution is 6.31. The second kappa shape index (κ2) is 9.07. The number of phenolic OH excluding ortho intramolecular Hbond substituents is 2. The topological polar surface area (TPSA) is 143 Å². The second-order valence-electron chi connectivity index (χ2n) is 10.7. The fourth-order valence-electron chi connectivity index (χ4n) is 5.49. The smallest absolute Gasteiger partial charge is 0.194 e.